The molecule has 0 aromatic carbocycles. The average Bonchev–Trinajstić information content (AvgIpc) is 2.53. The van der Waals surface area contributed by atoms with Crippen LogP contribution in [0.25, 0.3) is 0 Å². The first-order valence-corrected chi connectivity index (χ1v) is 13.9. The quantitative estimate of drug-likeness (QED) is 0.204. The molecule has 0 atom stereocenters. The van der Waals surface area contributed by atoms with Gasteiger partial charge >= 0.3 is 0 Å². The second-order valence-electron chi connectivity index (χ2n) is 5.71. The molecular weight excluding hydrogens is 348 g/mol. The van der Waals surface area contributed by atoms with Gasteiger partial charge in [0.25, 0.3) is 0 Å². The Labute approximate surface area is 155 Å². The van der Waals surface area contributed by atoms with Crippen molar-refractivity contribution in [2.75, 3.05) is 29.6 Å². The van der Waals surface area contributed by atoms with Gasteiger partial charge in [-0.1, -0.05) is 95.5 Å². The molecule has 0 aromatic heterocycles. The summed E-state index contributed by atoms with van der Waals surface area (Å²) < 4.78 is 0. The van der Waals surface area contributed by atoms with Gasteiger partial charge in [0, 0.05) is 29.6 Å². The van der Waals surface area contributed by atoms with Gasteiger partial charge in [0.15, 0.2) is 0 Å². The molecule has 0 aliphatic carbocycles. The number of rotatable bonds is 18. The van der Waals surface area contributed by atoms with Crippen LogP contribution in [-0.4, -0.2) is 34.7 Å². The zero-order valence-corrected chi connectivity index (χ0v) is 17.8. The van der Waals surface area contributed by atoms with Crippen LogP contribution in [0.1, 0.15) is 71.6 Å². The summed E-state index contributed by atoms with van der Waals surface area (Å²) in [6.07, 6.45) is 11.9. The van der Waals surface area contributed by atoms with E-state index in [0.29, 0.717) is 12.5 Å². The van der Waals surface area contributed by atoms with Crippen molar-refractivity contribution < 1.29 is 5.11 Å². The van der Waals surface area contributed by atoms with Gasteiger partial charge in [-0.2, -0.15) is 0 Å². The molecule has 0 bridgehead atoms. The van der Waals surface area contributed by atoms with Gasteiger partial charge < -0.3 is 5.11 Å². The molecule has 0 spiro atoms. The van der Waals surface area contributed by atoms with Crippen LogP contribution in [-0.2, 0) is 0 Å². The van der Waals surface area contributed by atoms with Crippen molar-refractivity contribution in [2.24, 2.45) is 5.92 Å². The number of hydrogen-bond donors (Lipinski definition) is 1. The third-order valence-corrected chi connectivity index (χ3v) is 8.75. The maximum absolute atomic E-state index is 9.20. The molecule has 5 heteroatoms. The molecule has 1 nitrogen and oxygen atoms in total. The molecule has 0 amide bonds. The average molecular weight is 385 g/mol. The Kier molecular flexibility index (Phi) is 21.7. The third-order valence-electron chi connectivity index (χ3n) is 3.47. The lowest BCUT2D eigenvalue weighted by atomic mass is 10.1. The molecule has 0 aromatic rings. The van der Waals surface area contributed by atoms with Crippen molar-refractivity contribution in [1.82, 2.24) is 0 Å². The van der Waals surface area contributed by atoms with Crippen LogP contribution in [0.15, 0.2) is 0 Å². The monoisotopic (exact) mass is 384 g/mol. The van der Waals surface area contributed by atoms with E-state index >= 15 is 0 Å². The summed E-state index contributed by atoms with van der Waals surface area (Å²) in [6, 6.07) is 0. The highest BCUT2D eigenvalue weighted by atomic mass is 33.1. The van der Waals surface area contributed by atoms with Crippen molar-refractivity contribution in [2.45, 2.75) is 71.6 Å². The predicted octanol–water partition coefficient (Wildman–Crippen LogP) is 6.91. The van der Waals surface area contributed by atoms with Gasteiger partial charge in [-0.25, -0.2) is 0 Å². The minimum atomic E-state index is 0.341. The lowest BCUT2D eigenvalue weighted by Crippen LogP contribution is -2.08. The Morgan fingerprint density at radius 3 is 1.59 bits per heavy atom. The molecule has 0 unspecified atom stereocenters. The summed E-state index contributed by atoms with van der Waals surface area (Å²) in [5.74, 6) is 5.64. The summed E-state index contributed by atoms with van der Waals surface area (Å²) in [5, 5.41) is 9.20. The molecule has 0 heterocycles. The number of unbranched alkanes of at least 4 members (excludes halogenated alkanes) is 6. The molecule has 0 aliphatic heterocycles. The number of hydrogen-bond acceptors (Lipinski definition) is 5. The van der Waals surface area contributed by atoms with Crippen LogP contribution in [0.2, 0.25) is 0 Å². The molecule has 1 N–H and O–H groups in total. The molecule has 22 heavy (non-hydrogen) atoms. The van der Waals surface area contributed by atoms with E-state index in [2.05, 4.69) is 13.8 Å². The van der Waals surface area contributed by atoms with Gasteiger partial charge in [0.1, 0.15) is 0 Å². The van der Waals surface area contributed by atoms with E-state index in [9.17, 15) is 5.11 Å². The van der Waals surface area contributed by atoms with Gasteiger partial charge in [0.05, 0.1) is 0 Å². The highest BCUT2D eigenvalue weighted by Crippen LogP contribution is 2.31. The standard InChI is InChI=1S/C17H36OS4/c1-3-5-7-9-13-19-21-15-17(11-12-18)16-22-20-14-10-8-6-4-2/h17-18H,3-16H2,1-2H3. The molecule has 0 saturated carbocycles. The van der Waals surface area contributed by atoms with Crippen LogP contribution < -0.4 is 0 Å². The summed E-state index contributed by atoms with van der Waals surface area (Å²) >= 11 is 0. The zero-order valence-electron chi connectivity index (χ0n) is 14.6. The van der Waals surface area contributed by atoms with Crippen molar-refractivity contribution in [3.63, 3.8) is 0 Å². The Balaban J connectivity index is 3.44. The molecule has 0 radical (unpaired) electrons. The van der Waals surface area contributed by atoms with Crippen LogP contribution >= 0.6 is 43.2 Å². The summed E-state index contributed by atoms with van der Waals surface area (Å²) in [7, 11) is 8.09. The van der Waals surface area contributed by atoms with Crippen molar-refractivity contribution in [3.8, 4) is 0 Å². The molecule has 0 saturated heterocycles. The molecular formula is C17H36OS4. The Morgan fingerprint density at radius 2 is 1.18 bits per heavy atom. The smallest absolute Gasteiger partial charge is 0.0434 e. The van der Waals surface area contributed by atoms with E-state index in [-0.39, 0.29) is 0 Å². The van der Waals surface area contributed by atoms with Crippen LogP contribution in [0.4, 0.5) is 0 Å². The van der Waals surface area contributed by atoms with Crippen LogP contribution in [0.5, 0.6) is 0 Å². The number of aliphatic hydroxyl groups is 1. The maximum atomic E-state index is 9.20. The van der Waals surface area contributed by atoms with Crippen LogP contribution in [0, 0.1) is 5.92 Å². The molecule has 0 fully saturated rings. The van der Waals surface area contributed by atoms with E-state index < -0.39 is 0 Å². The molecule has 134 valence electrons. The van der Waals surface area contributed by atoms with E-state index in [1.165, 1.54) is 74.4 Å². The first kappa shape index (κ1) is 23.4. The van der Waals surface area contributed by atoms with E-state index in [1.54, 1.807) is 0 Å². The molecule has 0 aliphatic rings. The SMILES string of the molecule is CCCCCCSSCC(CCO)CSSCCCCCC. The van der Waals surface area contributed by atoms with Crippen molar-refractivity contribution >= 4 is 43.2 Å². The summed E-state index contributed by atoms with van der Waals surface area (Å²) in [6.45, 7) is 4.87. The van der Waals surface area contributed by atoms with Gasteiger partial charge in [-0.15, -0.1) is 0 Å². The second-order valence-corrected chi connectivity index (χ2v) is 11.0. The molecule has 0 rings (SSSR count). The second kappa shape index (κ2) is 20.4. The van der Waals surface area contributed by atoms with Crippen LogP contribution in [0.3, 0.4) is 0 Å². The fourth-order valence-corrected chi connectivity index (χ4v) is 7.30. The first-order valence-electron chi connectivity index (χ1n) is 8.94. The fraction of sp³-hybridized carbons (Fsp3) is 1.00. The van der Waals surface area contributed by atoms with E-state index in [0.717, 1.165) is 6.42 Å². The maximum Gasteiger partial charge on any atom is 0.0434 e. The lowest BCUT2D eigenvalue weighted by molar-refractivity contribution is 0.270. The minimum Gasteiger partial charge on any atom is -0.396 e. The Morgan fingerprint density at radius 1 is 0.682 bits per heavy atom. The summed E-state index contributed by atoms with van der Waals surface area (Å²) in [4.78, 5) is 0. The van der Waals surface area contributed by atoms with Gasteiger partial charge in [0.2, 0.25) is 0 Å². The first-order chi connectivity index (χ1) is 10.8. The van der Waals surface area contributed by atoms with E-state index in [1.807, 2.05) is 43.2 Å². The normalized spacial score (nSPS) is 11.5. The van der Waals surface area contributed by atoms with E-state index in [4.69, 9.17) is 0 Å². The van der Waals surface area contributed by atoms with Gasteiger partial charge in [-0.3, -0.25) is 0 Å². The highest BCUT2D eigenvalue weighted by Gasteiger charge is 2.09. The Hall–Kier alpha value is 1.36. The zero-order chi connectivity index (χ0) is 16.3. The predicted molar refractivity (Wildman–Crippen MR) is 113 cm³/mol. The Bertz CT molecular complexity index is 187. The van der Waals surface area contributed by atoms with Crippen molar-refractivity contribution in [1.29, 1.82) is 0 Å². The van der Waals surface area contributed by atoms with Crippen molar-refractivity contribution in [3.05, 3.63) is 0 Å². The van der Waals surface area contributed by atoms with Gasteiger partial charge in [-0.05, 0) is 25.2 Å². The topological polar surface area (TPSA) is 20.2 Å². The fourth-order valence-electron chi connectivity index (χ4n) is 1.98. The highest BCUT2D eigenvalue weighted by molar-refractivity contribution is 8.77. The third kappa shape index (κ3) is 17.7. The number of aliphatic hydroxyl groups excluding tert-OH is 1. The lowest BCUT2D eigenvalue weighted by Gasteiger charge is -2.14. The summed E-state index contributed by atoms with van der Waals surface area (Å²) in [5.41, 5.74) is 0. The largest absolute Gasteiger partial charge is 0.396 e. The minimum absolute atomic E-state index is 0.341.